The van der Waals surface area contributed by atoms with Gasteiger partial charge in [0.1, 0.15) is 0 Å². The van der Waals surface area contributed by atoms with Crippen LogP contribution >= 0.6 is 0 Å². The van der Waals surface area contributed by atoms with Crippen molar-refractivity contribution < 1.29 is 27.8 Å². The Balaban J connectivity index is 1.64. The van der Waals surface area contributed by atoms with E-state index in [9.17, 15) is 18.4 Å². The van der Waals surface area contributed by atoms with Gasteiger partial charge in [-0.2, -0.15) is 8.78 Å². The van der Waals surface area contributed by atoms with Crippen LogP contribution in [0.3, 0.4) is 0 Å². The van der Waals surface area contributed by atoms with Crippen molar-refractivity contribution in [3.63, 3.8) is 0 Å². The number of rotatable bonds is 7. The number of nitrogens with one attached hydrogen (secondary N) is 1. The van der Waals surface area contributed by atoms with Crippen molar-refractivity contribution in [2.24, 2.45) is 0 Å². The summed E-state index contributed by atoms with van der Waals surface area (Å²) in [6.07, 6.45) is 2.04. The molecule has 1 aliphatic heterocycles. The molecule has 2 aromatic rings. The number of benzene rings is 2. The van der Waals surface area contributed by atoms with Gasteiger partial charge in [-0.25, -0.2) is 0 Å². The number of methoxy groups -OCH3 is 1. The number of ether oxygens (including phenoxy) is 2. The van der Waals surface area contributed by atoms with E-state index in [2.05, 4.69) is 10.1 Å². The van der Waals surface area contributed by atoms with E-state index < -0.39 is 12.5 Å². The molecule has 1 N–H and O–H groups in total. The van der Waals surface area contributed by atoms with Crippen LogP contribution < -0.4 is 14.8 Å². The van der Waals surface area contributed by atoms with E-state index in [-0.39, 0.29) is 29.5 Å². The van der Waals surface area contributed by atoms with Gasteiger partial charge in [0.25, 0.3) is 11.8 Å². The zero-order valence-electron chi connectivity index (χ0n) is 16.0. The summed E-state index contributed by atoms with van der Waals surface area (Å²) in [5.74, 6) is -0.512. The number of nitrogens with zero attached hydrogens (tertiary/aromatic N) is 1. The fourth-order valence-electron chi connectivity index (χ4n) is 3.20. The average molecular weight is 404 g/mol. The van der Waals surface area contributed by atoms with Crippen LogP contribution in [0.15, 0.2) is 42.5 Å². The topological polar surface area (TPSA) is 67.9 Å². The van der Waals surface area contributed by atoms with Crippen LogP contribution in [0, 0.1) is 0 Å². The van der Waals surface area contributed by atoms with Gasteiger partial charge in [-0.3, -0.25) is 9.59 Å². The lowest BCUT2D eigenvalue weighted by Gasteiger charge is -2.16. The maximum absolute atomic E-state index is 12.5. The van der Waals surface area contributed by atoms with Crippen molar-refractivity contribution in [3.05, 3.63) is 59.2 Å². The maximum atomic E-state index is 12.5. The Morgan fingerprint density at radius 1 is 1.07 bits per heavy atom. The summed E-state index contributed by atoms with van der Waals surface area (Å²) in [6.45, 7) is -1.23. The summed E-state index contributed by atoms with van der Waals surface area (Å²) < 4.78 is 34.2. The Labute approximate surface area is 167 Å². The second kappa shape index (κ2) is 9.36. The molecule has 154 valence electrons. The number of amides is 2. The largest absolute Gasteiger partial charge is 0.493 e. The molecule has 6 nitrogen and oxygen atoms in total. The molecule has 0 bridgehead atoms. The third-order valence-corrected chi connectivity index (χ3v) is 4.66. The quantitative estimate of drug-likeness (QED) is 0.768. The molecule has 2 amide bonds. The molecule has 8 heteroatoms. The molecule has 2 aromatic carbocycles. The summed E-state index contributed by atoms with van der Waals surface area (Å²) in [5.41, 5.74) is 1.62. The van der Waals surface area contributed by atoms with Crippen LogP contribution in [-0.2, 0) is 6.54 Å². The first kappa shape index (κ1) is 20.6. The summed E-state index contributed by atoms with van der Waals surface area (Å²) >= 11 is 0. The normalized spacial score (nSPS) is 13.4. The highest BCUT2D eigenvalue weighted by Crippen LogP contribution is 2.29. The molecule has 0 spiro atoms. The lowest BCUT2D eigenvalue weighted by atomic mass is 10.1. The number of likely N-dealkylation sites (tertiary alicyclic amines) is 1. The van der Waals surface area contributed by atoms with E-state index >= 15 is 0 Å². The molecule has 0 unspecified atom stereocenters. The monoisotopic (exact) mass is 404 g/mol. The summed E-state index contributed by atoms with van der Waals surface area (Å²) in [7, 11) is 1.30. The molecule has 1 aliphatic rings. The highest BCUT2D eigenvalue weighted by atomic mass is 19.3. The number of halogens is 2. The summed E-state index contributed by atoms with van der Waals surface area (Å²) in [5, 5.41) is 2.75. The fraction of sp³-hybridized carbons (Fsp3) is 0.333. The molecule has 0 radical (unpaired) electrons. The van der Waals surface area contributed by atoms with Gasteiger partial charge >= 0.3 is 6.61 Å². The highest BCUT2D eigenvalue weighted by molar-refractivity contribution is 5.95. The van der Waals surface area contributed by atoms with Gasteiger partial charge in [0.15, 0.2) is 11.5 Å². The molecule has 3 rings (SSSR count). The van der Waals surface area contributed by atoms with Gasteiger partial charge in [-0.15, -0.1) is 0 Å². The molecule has 0 atom stereocenters. The minimum atomic E-state index is -2.99. The van der Waals surface area contributed by atoms with Crippen LogP contribution in [-0.4, -0.2) is 43.5 Å². The highest BCUT2D eigenvalue weighted by Gasteiger charge is 2.19. The summed E-state index contributed by atoms with van der Waals surface area (Å²) in [4.78, 5) is 26.7. The molecular formula is C21H22F2N2O4. The first-order valence-corrected chi connectivity index (χ1v) is 9.27. The molecule has 1 heterocycles. The van der Waals surface area contributed by atoms with Crippen LogP contribution in [0.5, 0.6) is 11.5 Å². The van der Waals surface area contributed by atoms with E-state index in [4.69, 9.17) is 4.74 Å². The van der Waals surface area contributed by atoms with E-state index in [0.29, 0.717) is 5.56 Å². The average Bonchev–Trinajstić information content (AvgIpc) is 3.26. The van der Waals surface area contributed by atoms with Gasteiger partial charge in [0.2, 0.25) is 0 Å². The van der Waals surface area contributed by atoms with E-state index in [1.807, 2.05) is 11.0 Å². The molecule has 1 fully saturated rings. The molecule has 29 heavy (non-hydrogen) atoms. The lowest BCUT2D eigenvalue weighted by Crippen LogP contribution is -2.28. The standard InChI is InChI=1S/C21H22F2N2O4/c1-28-18-12-15(7-8-17(18)29-21(22)23)19(26)24-13-14-5-4-6-16(11-14)20(27)25-9-2-3-10-25/h4-8,11-12,21H,2-3,9-10,13H2,1H3,(H,24,26). The van der Waals surface area contributed by atoms with Crippen LogP contribution in [0.1, 0.15) is 39.1 Å². The number of hydrogen-bond acceptors (Lipinski definition) is 4. The molecule has 0 aliphatic carbocycles. The number of alkyl halides is 2. The minimum Gasteiger partial charge on any atom is -0.493 e. The Morgan fingerprint density at radius 3 is 2.52 bits per heavy atom. The minimum absolute atomic E-state index is 0.00460. The lowest BCUT2D eigenvalue weighted by molar-refractivity contribution is -0.0512. The smallest absolute Gasteiger partial charge is 0.387 e. The first-order valence-electron chi connectivity index (χ1n) is 9.27. The summed E-state index contributed by atoms with van der Waals surface area (Å²) in [6, 6.07) is 11.1. The maximum Gasteiger partial charge on any atom is 0.387 e. The SMILES string of the molecule is COc1cc(C(=O)NCc2cccc(C(=O)N3CCCC3)c2)ccc1OC(F)F. The predicted octanol–water partition coefficient (Wildman–Crippen LogP) is 3.46. The molecule has 0 saturated carbocycles. The Morgan fingerprint density at radius 2 is 1.83 bits per heavy atom. The van der Waals surface area contributed by atoms with Gasteiger partial charge < -0.3 is 19.7 Å². The van der Waals surface area contributed by atoms with Gasteiger partial charge in [-0.1, -0.05) is 12.1 Å². The zero-order valence-corrected chi connectivity index (χ0v) is 16.0. The Hall–Kier alpha value is -3.16. The van der Waals surface area contributed by atoms with Crippen molar-refractivity contribution in [1.29, 1.82) is 0 Å². The van der Waals surface area contributed by atoms with Crippen LogP contribution in [0.4, 0.5) is 8.78 Å². The molecular weight excluding hydrogens is 382 g/mol. The number of carbonyl (C=O) groups is 2. The van der Waals surface area contributed by atoms with Crippen LogP contribution in [0.25, 0.3) is 0 Å². The van der Waals surface area contributed by atoms with Gasteiger partial charge in [0.05, 0.1) is 7.11 Å². The van der Waals surface area contributed by atoms with Crippen LogP contribution in [0.2, 0.25) is 0 Å². The third kappa shape index (κ3) is 5.22. The number of hydrogen-bond donors (Lipinski definition) is 1. The predicted molar refractivity (Wildman–Crippen MR) is 102 cm³/mol. The van der Waals surface area contributed by atoms with Crippen molar-refractivity contribution in [2.75, 3.05) is 20.2 Å². The van der Waals surface area contributed by atoms with E-state index in [0.717, 1.165) is 31.5 Å². The Kier molecular flexibility index (Phi) is 6.64. The Bertz CT molecular complexity index is 883. The third-order valence-electron chi connectivity index (χ3n) is 4.66. The van der Waals surface area contributed by atoms with Crippen molar-refractivity contribution in [1.82, 2.24) is 10.2 Å². The second-order valence-corrected chi connectivity index (χ2v) is 6.63. The van der Waals surface area contributed by atoms with Crippen molar-refractivity contribution in [2.45, 2.75) is 26.0 Å². The van der Waals surface area contributed by atoms with Gasteiger partial charge in [0, 0.05) is 30.8 Å². The molecule has 0 aromatic heterocycles. The van der Waals surface area contributed by atoms with E-state index in [1.54, 1.807) is 18.2 Å². The molecule has 1 saturated heterocycles. The van der Waals surface area contributed by atoms with Crippen molar-refractivity contribution >= 4 is 11.8 Å². The second-order valence-electron chi connectivity index (χ2n) is 6.63. The van der Waals surface area contributed by atoms with Crippen molar-refractivity contribution in [3.8, 4) is 11.5 Å². The number of carbonyl (C=O) groups excluding carboxylic acids is 2. The van der Waals surface area contributed by atoms with Gasteiger partial charge in [-0.05, 0) is 48.7 Å². The first-order chi connectivity index (χ1) is 14.0. The fourth-order valence-corrected chi connectivity index (χ4v) is 3.20. The zero-order chi connectivity index (χ0) is 20.8. The van der Waals surface area contributed by atoms with E-state index in [1.165, 1.54) is 25.3 Å².